The molecule has 1 unspecified atom stereocenters. The van der Waals surface area contributed by atoms with E-state index in [1.54, 1.807) is 10.9 Å². The van der Waals surface area contributed by atoms with Gasteiger partial charge in [-0.1, -0.05) is 0 Å². The molecule has 1 saturated heterocycles. The van der Waals surface area contributed by atoms with Crippen molar-refractivity contribution in [3.8, 4) is 0 Å². The number of aliphatic hydroxyl groups excluding tert-OH is 1. The van der Waals surface area contributed by atoms with Crippen LogP contribution >= 0.6 is 11.3 Å². The van der Waals surface area contributed by atoms with E-state index in [1.807, 2.05) is 12.3 Å². The Kier molecular flexibility index (Phi) is 4.37. The summed E-state index contributed by atoms with van der Waals surface area (Å²) < 4.78 is 2.46. The first-order valence-electron chi connectivity index (χ1n) is 7.45. The second kappa shape index (κ2) is 6.25. The van der Waals surface area contributed by atoms with Gasteiger partial charge in [-0.2, -0.15) is 0 Å². The van der Waals surface area contributed by atoms with Gasteiger partial charge >= 0.3 is 0 Å². The van der Waals surface area contributed by atoms with Gasteiger partial charge in [-0.15, -0.1) is 11.3 Å². The molecule has 0 radical (unpaired) electrons. The number of fused-ring (bicyclic) bond motifs is 1. The minimum atomic E-state index is 0.0637. The van der Waals surface area contributed by atoms with E-state index in [4.69, 9.17) is 0 Å². The first kappa shape index (κ1) is 14.7. The van der Waals surface area contributed by atoms with Crippen LogP contribution in [0.4, 0.5) is 0 Å². The maximum Gasteiger partial charge on any atom is 0.271 e. The fourth-order valence-corrected chi connectivity index (χ4v) is 3.92. The zero-order chi connectivity index (χ0) is 14.8. The molecule has 5 nitrogen and oxygen atoms in total. The summed E-state index contributed by atoms with van der Waals surface area (Å²) in [5.74, 6) is 0.385. The van der Waals surface area contributed by atoms with Crippen molar-refractivity contribution in [1.82, 2.24) is 14.5 Å². The lowest BCUT2D eigenvalue weighted by atomic mass is 9.99. The fraction of sp³-hybridized carbons (Fsp3) is 0.600. The largest absolute Gasteiger partial charge is 0.396 e. The molecule has 114 valence electrons. The minimum Gasteiger partial charge on any atom is -0.396 e. The molecule has 0 saturated carbocycles. The van der Waals surface area contributed by atoms with Crippen LogP contribution in [0, 0.1) is 12.8 Å². The van der Waals surface area contributed by atoms with Crippen molar-refractivity contribution in [2.75, 3.05) is 26.2 Å². The molecular formula is C15H21N3O2S. The zero-order valence-electron chi connectivity index (χ0n) is 12.3. The molecule has 2 aromatic heterocycles. The third-order valence-corrected chi connectivity index (χ3v) is 5.32. The molecule has 1 fully saturated rings. The number of aromatic nitrogens is 2. The standard InChI is InChI=1S/C15H21N3O2S/c1-11-9-21-14-13(11)16-10-18(15(14)20)6-5-17-4-2-3-12(7-17)8-19/h9-10,12,19H,2-8H2,1H3. The maximum atomic E-state index is 12.4. The molecule has 0 aliphatic carbocycles. The Bertz CT molecular complexity index is 679. The Morgan fingerprint density at radius 2 is 2.33 bits per heavy atom. The van der Waals surface area contributed by atoms with Crippen molar-refractivity contribution < 1.29 is 5.11 Å². The van der Waals surface area contributed by atoms with Crippen molar-refractivity contribution in [2.24, 2.45) is 5.92 Å². The number of piperidine rings is 1. The summed E-state index contributed by atoms with van der Waals surface area (Å²) in [6.45, 7) is 5.74. The van der Waals surface area contributed by atoms with Crippen molar-refractivity contribution in [1.29, 1.82) is 0 Å². The van der Waals surface area contributed by atoms with Gasteiger partial charge < -0.3 is 10.0 Å². The number of aryl methyl sites for hydroxylation is 1. The summed E-state index contributed by atoms with van der Waals surface area (Å²) in [6.07, 6.45) is 3.90. The SMILES string of the molecule is Cc1csc2c(=O)n(CCN3CCCC(CO)C3)cnc12. The second-order valence-electron chi connectivity index (χ2n) is 5.83. The quantitative estimate of drug-likeness (QED) is 0.929. The number of nitrogens with zero attached hydrogens (tertiary/aromatic N) is 3. The summed E-state index contributed by atoms with van der Waals surface area (Å²) in [6, 6.07) is 0. The van der Waals surface area contributed by atoms with Crippen LogP contribution in [0.5, 0.6) is 0 Å². The van der Waals surface area contributed by atoms with Crippen LogP contribution in [0.25, 0.3) is 10.2 Å². The Balaban J connectivity index is 1.70. The monoisotopic (exact) mass is 307 g/mol. The topological polar surface area (TPSA) is 58.4 Å². The lowest BCUT2D eigenvalue weighted by molar-refractivity contribution is 0.117. The smallest absolute Gasteiger partial charge is 0.271 e. The van der Waals surface area contributed by atoms with Crippen molar-refractivity contribution >= 4 is 21.6 Å². The molecule has 1 aliphatic rings. The first-order chi connectivity index (χ1) is 10.2. The molecular weight excluding hydrogens is 286 g/mol. The third-order valence-electron chi connectivity index (χ3n) is 4.24. The number of likely N-dealkylation sites (tertiary alicyclic amines) is 1. The van der Waals surface area contributed by atoms with Crippen LogP contribution < -0.4 is 5.56 Å². The molecule has 0 amide bonds. The van der Waals surface area contributed by atoms with Gasteiger partial charge in [-0.05, 0) is 43.2 Å². The zero-order valence-corrected chi connectivity index (χ0v) is 13.1. The van der Waals surface area contributed by atoms with Gasteiger partial charge in [-0.3, -0.25) is 9.36 Å². The molecule has 0 spiro atoms. The predicted octanol–water partition coefficient (Wildman–Crippen LogP) is 1.47. The number of rotatable bonds is 4. The van der Waals surface area contributed by atoms with Crippen LogP contribution in [-0.4, -0.2) is 45.8 Å². The van der Waals surface area contributed by atoms with Crippen LogP contribution in [0.2, 0.25) is 0 Å². The van der Waals surface area contributed by atoms with E-state index in [2.05, 4.69) is 9.88 Å². The Hall–Kier alpha value is -1.24. The lowest BCUT2D eigenvalue weighted by Gasteiger charge is -2.31. The van der Waals surface area contributed by atoms with Crippen molar-refractivity contribution in [3.05, 3.63) is 27.6 Å². The van der Waals surface area contributed by atoms with Gasteiger partial charge in [-0.25, -0.2) is 4.98 Å². The molecule has 1 N–H and O–H groups in total. The summed E-state index contributed by atoms with van der Waals surface area (Å²) >= 11 is 1.48. The summed E-state index contributed by atoms with van der Waals surface area (Å²) in [5, 5.41) is 11.3. The summed E-state index contributed by atoms with van der Waals surface area (Å²) in [5.41, 5.74) is 1.97. The molecule has 0 bridgehead atoms. The Morgan fingerprint density at radius 3 is 3.14 bits per heavy atom. The van der Waals surface area contributed by atoms with Crippen molar-refractivity contribution in [2.45, 2.75) is 26.3 Å². The fourth-order valence-electron chi connectivity index (χ4n) is 2.97. The van der Waals surface area contributed by atoms with Gasteiger partial charge in [0.05, 0.1) is 11.8 Å². The number of hydrogen-bond acceptors (Lipinski definition) is 5. The van der Waals surface area contributed by atoms with E-state index in [1.165, 1.54) is 11.3 Å². The van der Waals surface area contributed by atoms with Gasteiger partial charge in [0, 0.05) is 26.2 Å². The van der Waals surface area contributed by atoms with Crippen LogP contribution in [0.3, 0.4) is 0 Å². The average molecular weight is 307 g/mol. The maximum absolute atomic E-state index is 12.4. The van der Waals surface area contributed by atoms with Gasteiger partial charge in [0.25, 0.3) is 5.56 Å². The molecule has 0 aromatic carbocycles. The van der Waals surface area contributed by atoms with E-state index in [-0.39, 0.29) is 12.2 Å². The molecule has 3 rings (SSSR count). The number of aliphatic hydroxyl groups is 1. The summed E-state index contributed by atoms with van der Waals surface area (Å²) in [4.78, 5) is 19.2. The number of hydrogen-bond donors (Lipinski definition) is 1. The van der Waals surface area contributed by atoms with Crippen LogP contribution in [0.1, 0.15) is 18.4 Å². The highest BCUT2D eigenvalue weighted by atomic mass is 32.1. The molecule has 6 heteroatoms. The predicted molar refractivity (Wildman–Crippen MR) is 84.9 cm³/mol. The van der Waals surface area contributed by atoms with Crippen molar-refractivity contribution in [3.63, 3.8) is 0 Å². The van der Waals surface area contributed by atoms with E-state index < -0.39 is 0 Å². The Morgan fingerprint density at radius 1 is 1.48 bits per heavy atom. The normalized spacial score (nSPS) is 20.2. The Labute approximate surface area is 127 Å². The lowest BCUT2D eigenvalue weighted by Crippen LogP contribution is -2.39. The van der Waals surface area contributed by atoms with Crippen LogP contribution in [0.15, 0.2) is 16.5 Å². The molecule has 3 heterocycles. The van der Waals surface area contributed by atoms with E-state index in [9.17, 15) is 9.90 Å². The van der Waals surface area contributed by atoms with E-state index in [0.717, 1.165) is 48.3 Å². The molecule has 1 aliphatic heterocycles. The summed E-state index contributed by atoms with van der Waals surface area (Å²) in [7, 11) is 0. The molecule has 2 aromatic rings. The molecule has 21 heavy (non-hydrogen) atoms. The minimum absolute atomic E-state index is 0.0637. The van der Waals surface area contributed by atoms with E-state index in [0.29, 0.717) is 12.5 Å². The highest BCUT2D eigenvalue weighted by Gasteiger charge is 2.19. The number of thiophene rings is 1. The van der Waals surface area contributed by atoms with Gasteiger partial charge in [0.2, 0.25) is 0 Å². The average Bonchev–Trinajstić information content (AvgIpc) is 2.89. The molecule has 1 atom stereocenters. The van der Waals surface area contributed by atoms with E-state index >= 15 is 0 Å². The highest BCUT2D eigenvalue weighted by Crippen LogP contribution is 2.19. The third kappa shape index (κ3) is 3.02. The van der Waals surface area contributed by atoms with Gasteiger partial charge in [0.15, 0.2) is 0 Å². The second-order valence-corrected chi connectivity index (χ2v) is 6.71. The first-order valence-corrected chi connectivity index (χ1v) is 8.33. The van der Waals surface area contributed by atoms with Gasteiger partial charge in [0.1, 0.15) is 4.70 Å². The highest BCUT2D eigenvalue weighted by molar-refractivity contribution is 7.17. The van der Waals surface area contributed by atoms with Crippen LogP contribution in [-0.2, 0) is 6.54 Å².